The molecule has 0 spiro atoms. The van der Waals surface area contributed by atoms with E-state index in [1.165, 1.54) is 12.1 Å². The van der Waals surface area contributed by atoms with Gasteiger partial charge in [0, 0.05) is 24.8 Å². The lowest BCUT2D eigenvalue weighted by atomic mass is 10.0. The molecule has 21 heavy (non-hydrogen) atoms. The number of anilines is 1. The zero-order valence-electron chi connectivity index (χ0n) is 11.5. The average molecular weight is 298 g/mol. The van der Waals surface area contributed by atoms with Crippen molar-refractivity contribution in [2.24, 2.45) is 0 Å². The van der Waals surface area contributed by atoms with Crippen molar-refractivity contribution in [3.8, 4) is 0 Å². The molecule has 0 saturated carbocycles. The number of nitrogens with zero attached hydrogens (tertiary/aromatic N) is 1. The van der Waals surface area contributed by atoms with Gasteiger partial charge in [-0.15, -0.1) is 0 Å². The van der Waals surface area contributed by atoms with Crippen molar-refractivity contribution >= 4 is 11.6 Å². The number of piperidine rings is 1. The summed E-state index contributed by atoms with van der Waals surface area (Å²) in [4.78, 5) is 13.2. The Morgan fingerprint density at radius 1 is 1.43 bits per heavy atom. The average Bonchev–Trinajstić information content (AvgIpc) is 2.46. The predicted octanol–water partition coefficient (Wildman–Crippen LogP) is 3.29. The fraction of sp³-hybridized carbons (Fsp3) is 0.400. The number of benzene rings is 1. The number of hydrogen-bond acceptors (Lipinski definition) is 2. The van der Waals surface area contributed by atoms with Crippen molar-refractivity contribution < 1.29 is 18.0 Å². The lowest BCUT2D eigenvalue weighted by Crippen LogP contribution is -2.44. The van der Waals surface area contributed by atoms with Gasteiger partial charge in [0.1, 0.15) is 0 Å². The molecular weight excluding hydrogens is 281 g/mol. The summed E-state index contributed by atoms with van der Waals surface area (Å²) in [7, 11) is 0. The Morgan fingerprint density at radius 2 is 2.19 bits per heavy atom. The van der Waals surface area contributed by atoms with Gasteiger partial charge in [-0.25, -0.2) is 0 Å². The largest absolute Gasteiger partial charge is 0.416 e. The Morgan fingerprint density at radius 3 is 2.86 bits per heavy atom. The van der Waals surface area contributed by atoms with Gasteiger partial charge >= 0.3 is 6.18 Å². The van der Waals surface area contributed by atoms with E-state index in [1.54, 1.807) is 11.0 Å². The second kappa shape index (κ2) is 6.20. The Labute approximate surface area is 121 Å². The van der Waals surface area contributed by atoms with Crippen molar-refractivity contribution in [3.63, 3.8) is 0 Å². The molecule has 1 fully saturated rings. The smallest absolute Gasteiger partial charge is 0.381 e. The van der Waals surface area contributed by atoms with E-state index in [9.17, 15) is 18.0 Å². The molecule has 0 aromatic heterocycles. The van der Waals surface area contributed by atoms with E-state index in [0.29, 0.717) is 18.8 Å². The maximum absolute atomic E-state index is 12.7. The molecule has 2 rings (SSSR count). The van der Waals surface area contributed by atoms with E-state index < -0.39 is 11.7 Å². The quantitative estimate of drug-likeness (QED) is 0.868. The molecule has 114 valence electrons. The van der Waals surface area contributed by atoms with Crippen molar-refractivity contribution in [3.05, 3.63) is 42.5 Å². The van der Waals surface area contributed by atoms with Gasteiger partial charge in [0.05, 0.1) is 5.56 Å². The molecule has 1 aromatic rings. The maximum Gasteiger partial charge on any atom is 0.416 e. The SMILES string of the molecule is C=CC(=O)N1CCC[C@@H](Nc2cccc(C(F)(F)F)c2)C1. The Balaban J connectivity index is 2.04. The molecular formula is C15H17F3N2O. The van der Waals surface area contributed by atoms with Gasteiger partial charge < -0.3 is 10.2 Å². The lowest BCUT2D eigenvalue weighted by Gasteiger charge is -2.33. The summed E-state index contributed by atoms with van der Waals surface area (Å²) in [6.45, 7) is 4.58. The number of carbonyl (C=O) groups is 1. The highest BCUT2D eigenvalue weighted by atomic mass is 19.4. The molecule has 0 unspecified atom stereocenters. The highest BCUT2D eigenvalue weighted by Crippen LogP contribution is 2.31. The summed E-state index contributed by atoms with van der Waals surface area (Å²) in [6.07, 6.45) is -1.46. The number of nitrogens with one attached hydrogen (secondary N) is 1. The van der Waals surface area contributed by atoms with Crippen molar-refractivity contribution in [1.29, 1.82) is 0 Å². The van der Waals surface area contributed by atoms with Crippen LogP contribution in [0.25, 0.3) is 0 Å². The Hall–Kier alpha value is -1.98. The first-order valence-corrected chi connectivity index (χ1v) is 6.75. The fourth-order valence-corrected chi connectivity index (χ4v) is 2.45. The number of rotatable bonds is 3. The molecule has 1 N–H and O–H groups in total. The van der Waals surface area contributed by atoms with Crippen LogP contribution in [0.3, 0.4) is 0 Å². The molecule has 3 nitrogen and oxygen atoms in total. The summed E-state index contributed by atoms with van der Waals surface area (Å²) in [5.41, 5.74) is -0.259. The van der Waals surface area contributed by atoms with Crippen LogP contribution < -0.4 is 5.32 Å². The summed E-state index contributed by atoms with van der Waals surface area (Å²) < 4.78 is 38.0. The molecule has 1 aliphatic rings. The molecule has 1 atom stereocenters. The maximum atomic E-state index is 12.7. The van der Waals surface area contributed by atoms with Crippen molar-refractivity contribution in [1.82, 2.24) is 4.90 Å². The van der Waals surface area contributed by atoms with Gasteiger partial charge in [-0.05, 0) is 37.1 Å². The highest BCUT2D eigenvalue weighted by molar-refractivity contribution is 5.87. The topological polar surface area (TPSA) is 32.3 Å². The minimum atomic E-state index is -4.35. The summed E-state index contributed by atoms with van der Waals surface area (Å²) in [5, 5.41) is 3.07. The van der Waals surface area contributed by atoms with E-state index >= 15 is 0 Å². The third-order valence-corrected chi connectivity index (χ3v) is 3.47. The first kappa shape index (κ1) is 15.4. The molecule has 1 saturated heterocycles. The summed E-state index contributed by atoms with van der Waals surface area (Å²) in [6, 6.07) is 5.06. The molecule has 1 aliphatic heterocycles. The lowest BCUT2D eigenvalue weighted by molar-refractivity contribution is -0.137. The number of amides is 1. The van der Waals surface area contributed by atoms with E-state index in [0.717, 1.165) is 25.0 Å². The van der Waals surface area contributed by atoms with Crippen molar-refractivity contribution in [2.75, 3.05) is 18.4 Å². The molecule has 1 aromatic carbocycles. The van der Waals surface area contributed by atoms with Crippen LogP contribution >= 0.6 is 0 Å². The minimum absolute atomic E-state index is 0.0499. The normalized spacial score (nSPS) is 19.2. The first-order chi connectivity index (χ1) is 9.90. The summed E-state index contributed by atoms with van der Waals surface area (Å²) >= 11 is 0. The molecule has 0 bridgehead atoms. The second-order valence-corrected chi connectivity index (χ2v) is 5.05. The van der Waals surface area contributed by atoms with E-state index in [1.807, 2.05) is 0 Å². The number of alkyl halides is 3. The molecule has 0 aliphatic carbocycles. The van der Waals surface area contributed by atoms with Crippen LogP contribution in [0.5, 0.6) is 0 Å². The van der Waals surface area contributed by atoms with Gasteiger partial charge in [-0.2, -0.15) is 13.2 Å². The Bertz CT molecular complexity index is 528. The zero-order valence-corrected chi connectivity index (χ0v) is 11.5. The first-order valence-electron chi connectivity index (χ1n) is 6.75. The van der Waals surface area contributed by atoms with Crippen LogP contribution in [0.15, 0.2) is 36.9 Å². The second-order valence-electron chi connectivity index (χ2n) is 5.05. The van der Waals surface area contributed by atoms with Crippen LogP contribution in [-0.4, -0.2) is 29.9 Å². The fourth-order valence-electron chi connectivity index (χ4n) is 2.45. The van der Waals surface area contributed by atoms with Gasteiger partial charge in [0.15, 0.2) is 0 Å². The molecule has 1 heterocycles. The van der Waals surface area contributed by atoms with E-state index in [2.05, 4.69) is 11.9 Å². The molecule has 1 amide bonds. The number of hydrogen-bond donors (Lipinski definition) is 1. The van der Waals surface area contributed by atoms with Crippen LogP contribution in [-0.2, 0) is 11.0 Å². The van der Waals surface area contributed by atoms with Gasteiger partial charge in [0.25, 0.3) is 0 Å². The highest BCUT2D eigenvalue weighted by Gasteiger charge is 2.30. The monoisotopic (exact) mass is 298 g/mol. The van der Waals surface area contributed by atoms with E-state index in [-0.39, 0.29) is 11.9 Å². The predicted molar refractivity (Wildman–Crippen MR) is 74.9 cm³/mol. The van der Waals surface area contributed by atoms with E-state index in [4.69, 9.17) is 0 Å². The number of likely N-dealkylation sites (tertiary alicyclic amines) is 1. The van der Waals surface area contributed by atoms with Crippen LogP contribution in [0.1, 0.15) is 18.4 Å². The van der Waals surface area contributed by atoms with Gasteiger partial charge in [-0.3, -0.25) is 4.79 Å². The minimum Gasteiger partial charge on any atom is -0.381 e. The number of halogens is 3. The molecule has 6 heteroatoms. The molecule has 0 radical (unpaired) electrons. The standard InChI is InChI=1S/C15H17F3N2O/c1-2-14(21)20-8-4-7-13(10-20)19-12-6-3-5-11(9-12)15(16,17)18/h2-3,5-6,9,13,19H,1,4,7-8,10H2/t13-/m1/s1. The third-order valence-electron chi connectivity index (χ3n) is 3.47. The van der Waals surface area contributed by atoms with Gasteiger partial charge in [-0.1, -0.05) is 12.6 Å². The van der Waals surface area contributed by atoms with Crippen LogP contribution in [0.2, 0.25) is 0 Å². The Kier molecular flexibility index (Phi) is 4.55. The zero-order chi connectivity index (χ0) is 15.5. The van der Waals surface area contributed by atoms with Gasteiger partial charge in [0.2, 0.25) is 5.91 Å². The summed E-state index contributed by atoms with van der Waals surface area (Å²) in [5.74, 6) is -0.148. The third kappa shape index (κ3) is 4.00. The van der Waals surface area contributed by atoms with Crippen LogP contribution in [0.4, 0.5) is 18.9 Å². The number of carbonyl (C=O) groups excluding carboxylic acids is 1. The van der Waals surface area contributed by atoms with Crippen LogP contribution in [0, 0.1) is 0 Å². The van der Waals surface area contributed by atoms with Crippen molar-refractivity contribution in [2.45, 2.75) is 25.1 Å².